The zero-order valence-electron chi connectivity index (χ0n) is 11.9. The average molecular weight is 310 g/mol. The maximum absolute atomic E-state index is 12.2. The second-order valence-electron chi connectivity index (χ2n) is 4.95. The third-order valence-electron chi connectivity index (χ3n) is 3.12. The van der Waals surface area contributed by atoms with Crippen molar-refractivity contribution in [3.05, 3.63) is 18.2 Å². The van der Waals surface area contributed by atoms with Gasteiger partial charge in [-0.2, -0.15) is 0 Å². The number of hydrogen-bond donors (Lipinski definition) is 3. The Morgan fingerprint density at radius 3 is 2.86 bits per heavy atom. The van der Waals surface area contributed by atoms with Crippen molar-refractivity contribution in [1.82, 2.24) is 15.3 Å². The largest absolute Gasteiger partial charge is 0.399 e. The van der Waals surface area contributed by atoms with E-state index in [0.717, 1.165) is 6.42 Å². The highest BCUT2D eigenvalue weighted by Gasteiger charge is 2.23. The molecule has 0 aliphatic heterocycles. The third-order valence-corrected chi connectivity index (χ3v) is 4.54. The number of carbonyl (C=O) groups excluding carboxylic acids is 1. The lowest BCUT2D eigenvalue weighted by Crippen LogP contribution is -2.36. The lowest BCUT2D eigenvalue weighted by Gasteiger charge is -2.10. The molecule has 0 aliphatic rings. The van der Waals surface area contributed by atoms with Gasteiger partial charge in [-0.15, -0.1) is 0 Å². The Morgan fingerprint density at radius 1 is 1.48 bits per heavy atom. The average Bonchev–Trinajstić information content (AvgIpc) is 2.81. The van der Waals surface area contributed by atoms with Crippen molar-refractivity contribution in [2.24, 2.45) is 0 Å². The van der Waals surface area contributed by atoms with E-state index in [0.29, 0.717) is 16.7 Å². The van der Waals surface area contributed by atoms with E-state index >= 15 is 0 Å². The van der Waals surface area contributed by atoms with Crippen LogP contribution in [0.2, 0.25) is 0 Å². The first-order valence-corrected chi connectivity index (χ1v) is 8.24. The van der Waals surface area contributed by atoms with Crippen LogP contribution in [0.4, 0.5) is 5.69 Å². The summed E-state index contributed by atoms with van der Waals surface area (Å²) in [5, 5.41) is 2.40. The van der Waals surface area contributed by atoms with Gasteiger partial charge in [0.05, 0.1) is 11.0 Å². The molecular weight excluding hydrogens is 292 g/mol. The van der Waals surface area contributed by atoms with Gasteiger partial charge in [-0.05, 0) is 31.5 Å². The highest BCUT2D eigenvalue weighted by molar-refractivity contribution is 7.91. The first-order valence-electron chi connectivity index (χ1n) is 6.59. The number of amides is 1. The highest BCUT2D eigenvalue weighted by atomic mass is 32.2. The molecule has 1 amide bonds. The molecule has 2 aromatic rings. The quantitative estimate of drug-likeness (QED) is 0.707. The van der Waals surface area contributed by atoms with Crippen LogP contribution in [0.1, 0.15) is 20.3 Å². The van der Waals surface area contributed by atoms with E-state index < -0.39 is 21.5 Å². The number of nitrogens with two attached hydrogens (primary N) is 1. The van der Waals surface area contributed by atoms with Crippen LogP contribution in [0.15, 0.2) is 23.4 Å². The molecule has 1 atom stereocenters. The molecule has 8 heteroatoms. The summed E-state index contributed by atoms with van der Waals surface area (Å²) in [7, 11) is -3.81. The predicted molar refractivity (Wildman–Crippen MR) is 80.5 cm³/mol. The van der Waals surface area contributed by atoms with Crippen LogP contribution in [0, 0.1) is 0 Å². The first-order chi connectivity index (χ1) is 9.81. The molecule has 1 unspecified atom stereocenters. The van der Waals surface area contributed by atoms with Gasteiger partial charge in [0.2, 0.25) is 20.9 Å². The number of sulfone groups is 1. The number of aromatic amines is 1. The van der Waals surface area contributed by atoms with Crippen molar-refractivity contribution in [2.45, 2.75) is 31.5 Å². The minimum Gasteiger partial charge on any atom is -0.399 e. The summed E-state index contributed by atoms with van der Waals surface area (Å²) in [5.41, 5.74) is 7.15. The van der Waals surface area contributed by atoms with Crippen molar-refractivity contribution in [2.75, 3.05) is 11.5 Å². The molecule has 21 heavy (non-hydrogen) atoms. The van der Waals surface area contributed by atoms with Gasteiger partial charge in [0.1, 0.15) is 5.75 Å². The number of nitrogens with zero attached hydrogens (tertiary/aromatic N) is 1. The molecule has 7 nitrogen and oxygen atoms in total. The molecule has 0 fully saturated rings. The minimum atomic E-state index is -3.81. The van der Waals surface area contributed by atoms with Crippen LogP contribution in [0.5, 0.6) is 0 Å². The Hall–Kier alpha value is -2.09. The Balaban J connectivity index is 2.23. The van der Waals surface area contributed by atoms with Crippen LogP contribution >= 0.6 is 0 Å². The van der Waals surface area contributed by atoms with Gasteiger partial charge in [-0.25, -0.2) is 13.4 Å². The van der Waals surface area contributed by atoms with Crippen molar-refractivity contribution < 1.29 is 13.2 Å². The molecule has 0 radical (unpaired) electrons. The van der Waals surface area contributed by atoms with Gasteiger partial charge in [0, 0.05) is 11.7 Å². The van der Waals surface area contributed by atoms with Gasteiger partial charge in [0.25, 0.3) is 0 Å². The van der Waals surface area contributed by atoms with Crippen molar-refractivity contribution in [1.29, 1.82) is 0 Å². The lowest BCUT2D eigenvalue weighted by molar-refractivity contribution is -0.119. The zero-order chi connectivity index (χ0) is 15.6. The van der Waals surface area contributed by atoms with Crippen LogP contribution < -0.4 is 11.1 Å². The third kappa shape index (κ3) is 3.52. The molecule has 0 spiro atoms. The fourth-order valence-electron chi connectivity index (χ4n) is 1.81. The number of anilines is 1. The number of H-pyrrole nitrogens is 1. The summed E-state index contributed by atoms with van der Waals surface area (Å²) in [4.78, 5) is 18.4. The lowest BCUT2D eigenvalue weighted by atomic mass is 10.3. The topological polar surface area (TPSA) is 118 Å². The monoisotopic (exact) mass is 310 g/mol. The SMILES string of the molecule is CCC(C)NC(=O)CS(=O)(=O)c1nc2ccc(N)cc2[nH]1. The summed E-state index contributed by atoms with van der Waals surface area (Å²) >= 11 is 0. The number of aromatic nitrogens is 2. The molecule has 4 N–H and O–H groups in total. The highest BCUT2D eigenvalue weighted by Crippen LogP contribution is 2.18. The van der Waals surface area contributed by atoms with E-state index in [1.165, 1.54) is 0 Å². The van der Waals surface area contributed by atoms with Crippen molar-refractivity contribution in [3.8, 4) is 0 Å². The molecule has 0 saturated heterocycles. The number of nitrogens with one attached hydrogen (secondary N) is 2. The maximum atomic E-state index is 12.2. The maximum Gasteiger partial charge on any atom is 0.235 e. The normalized spacial score (nSPS) is 13.2. The summed E-state index contributed by atoms with van der Waals surface area (Å²) < 4.78 is 24.4. The number of carbonyl (C=O) groups is 1. The van der Waals surface area contributed by atoms with Crippen LogP contribution in [-0.4, -0.2) is 36.1 Å². The second-order valence-corrected chi connectivity index (χ2v) is 6.86. The van der Waals surface area contributed by atoms with Crippen molar-refractivity contribution >= 4 is 32.5 Å². The molecule has 2 rings (SSSR count). The summed E-state index contributed by atoms with van der Waals surface area (Å²) in [6.45, 7) is 3.72. The smallest absolute Gasteiger partial charge is 0.235 e. The van der Waals surface area contributed by atoms with E-state index in [2.05, 4.69) is 15.3 Å². The molecule has 0 saturated carbocycles. The molecule has 114 valence electrons. The number of hydrogen-bond acceptors (Lipinski definition) is 5. The molecule has 1 aromatic heterocycles. The van der Waals surface area contributed by atoms with E-state index in [-0.39, 0.29) is 11.2 Å². The Morgan fingerprint density at radius 2 is 2.19 bits per heavy atom. The summed E-state index contributed by atoms with van der Waals surface area (Å²) in [6.07, 6.45) is 0.732. The Bertz CT molecular complexity index is 767. The van der Waals surface area contributed by atoms with Gasteiger partial charge < -0.3 is 16.0 Å². The Kier molecular flexibility index (Phi) is 4.17. The van der Waals surface area contributed by atoms with E-state index in [1.54, 1.807) is 18.2 Å². The number of benzene rings is 1. The number of fused-ring (bicyclic) bond motifs is 1. The number of rotatable bonds is 5. The summed E-state index contributed by atoms with van der Waals surface area (Å²) in [6, 6.07) is 4.79. The number of imidazole rings is 1. The summed E-state index contributed by atoms with van der Waals surface area (Å²) in [5.74, 6) is -1.17. The van der Waals surface area contributed by atoms with E-state index in [1.807, 2.05) is 13.8 Å². The van der Waals surface area contributed by atoms with Crippen LogP contribution in [-0.2, 0) is 14.6 Å². The minimum absolute atomic E-state index is 0.0665. The fourth-order valence-corrected chi connectivity index (χ4v) is 2.88. The predicted octanol–water partition coefficient (Wildman–Crippen LogP) is 0.833. The van der Waals surface area contributed by atoms with Crippen molar-refractivity contribution in [3.63, 3.8) is 0 Å². The van der Waals surface area contributed by atoms with Gasteiger partial charge in [-0.3, -0.25) is 4.79 Å². The van der Waals surface area contributed by atoms with Crippen LogP contribution in [0.3, 0.4) is 0 Å². The second kappa shape index (κ2) is 5.72. The molecular formula is C13H18N4O3S. The first kappa shape index (κ1) is 15.3. The van der Waals surface area contributed by atoms with Gasteiger partial charge in [-0.1, -0.05) is 6.92 Å². The van der Waals surface area contributed by atoms with Gasteiger partial charge in [0.15, 0.2) is 0 Å². The zero-order valence-corrected chi connectivity index (χ0v) is 12.7. The molecule has 0 aliphatic carbocycles. The molecule has 0 bridgehead atoms. The molecule has 1 heterocycles. The van der Waals surface area contributed by atoms with E-state index in [4.69, 9.17) is 5.73 Å². The Labute approximate surface area is 122 Å². The van der Waals surface area contributed by atoms with E-state index in [9.17, 15) is 13.2 Å². The molecule has 1 aromatic carbocycles. The van der Waals surface area contributed by atoms with Gasteiger partial charge >= 0.3 is 0 Å². The number of nitrogen functional groups attached to an aromatic ring is 1. The fraction of sp³-hybridized carbons (Fsp3) is 0.385. The standard InChI is InChI=1S/C13H18N4O3S/c1-3-8(2)15-12(18)7-21(19,20)13-16-10-5-4-9(14)6-11(10)17-13/h4-6,8H,3,7,14H2,1-2H3,(H,15,18)(H,16,17). The van der Waals surface area contributed by atoms with Crippen LogP contribution in [0.25, 0.3) is 11.0 Å².